The Bertz CT molecular complexity index is 871. The van der Waals surface area contributed by atoms with Gasteiger partial charge in [-0.3, -0.25) is 19.7 Å². The van der Waals surface area contributed by atoms with Crippen LogP contribution in [0.4, 0.5) is 4.79 Å². The normalized spacial score (nSPS) is 15.7. The topological polar surface area (TPSA) is 112 Å². The Labute approximate surface area is 149 Å². The lowest BCUT2D eigenvalue weighted by Crippen LogP contribution is -2.31. The van der Waals surface area contributed by atoms with Crippen molar-refractivity contribution < 1.29 is 24.0 Å². The zero-order valence-electron chi connectivity index (χ0n) is 14.0. The van der Waals surface area contributed by atoms with E-state index in [1.54, 1.807) is 17.8 Å². The van der Waals surface area contributed by atoms with Gasteiger partial charge in [0, 0.05) is 18.4 Å². The van der Waals surface area contributed by atoms with Crippen molar-refractivity contribution in [1.29, 1.82) is 0 Å². The van der Waals surface area contributed by atoms with Crippen molar-refractivity contribution >= 4 is 34.9 Å². The quantitative estimate of drug-likeness (QED) is 0.232. The first-order chi connectivity index (χ1) is 12.6. The number of benzene rings is 1. The van der Waals surface area contributed by atoms with Crippen LogP contribution in [0.15, 0.2) is 40.6 Å². The van der Waals surface area contributed by atoms with Gasteiger partial charge in [-0.05, 0) is 42.7 Å². The lowest BCUT2D eigenvalue weighted by atomic mass is 10.1. The summed E-state index contributed by atoms with van der Waals surface area (Å²) >= 11 is 0. The maximum atomic E-state index is 12.4. The minimum Gasteiger partial charge on any atom is -0.464 e. The highest BCUT2D eigenvalue weighted by atomic mass is 16.5. The average Bonchev–Trinajstić information content (AvgIpc) is 3.20. The van der Waals surface area contributed by atoms with Crippen molar-refractivity contribution in [2.24, 2.45) is 0 Å². The maximum absolute atomic E-state index is 12.4. The molecular weight excluding hydrogens is 338 g/mol. The summed E-state index contributed by atoms with van der Waals surface area (Å²) in [4.78, 5) is 36.5. The summed E-state index contributed by atoms with van der Waals surface area (Å²) in [6, 6.07) is 6.88. The molecular formula is C18H19N3O5. The molecule has 1 aromatic carbocycles. The molecule has 0 atom stereocenters. The van der Waals surface area contributed by atoms with E-state index in [0.29, 0.717) is 19.3 Å². The number of carbonyl (C=O) groups is 3. The van der Waals surface area contributed by atoms with E-state index in [0.717, 1.165) is 21.4 Å². The molecule has 136 valence electrons. The number of fused-ring (bicyclic) bond motifs is 1. The van der Waals surface area contributed by atoms with E-state index in [9.17, 15) is 14.4 Å². The van der Waals surface area contributed by atoms with Gasteiger partial charge in [0.2, 0.25) is 5.91 Å². The van der Waals surface area contributed by atoms with Crippen molar-refractivity contribution in [2.45, 2.75) is 25.7 Å². The second-order valence-electron chi connectivity index (χ2n) is 6.01. The zero-order chi connectivity index (χ0) is 18.5. The molecule has 0 aliphatic carbocycles. The molecule has 1 aliphatic heterocycles. The van der Waals surface area contributed by atoms with Crippen LogP contribution in [0.2, 0.25) is 0 Å². The minimum absolute atomic E-state index is 0.207. The molecule has 0 radical (unpaired) electrons. The molecule has 8 heteroatoms. The minimum atomic E-state index is -0.446. The van der Waals surface area contributed by atoms with Crippen LogP contribution in [0.1, 0.15) is 31.2 Å². The third kappa shape index (κ3) is 3.92. The number of hydrogen-bond acceptors (Lipinski definition) is 5. The van der Waals surface area contributed by atoms with Crippen LogP contribution in [-0.2, 0) is 9.59 Å². The van der Waals surface area contributed by atoms with Crippen LogP contribution >= 0.6 is 0 Å². The van der Waals surface area contributed by atoms with Gasteiger partial charge in [0.15, 0.2) is 0 Å². The highest BCUT2D eigenvalue weighted by Gasteiger charge is 2.32. The average molecular weight is 357 g/mol. The van der Waals surface area contributed by atoms with Gasteiger partial charge in [-0.15, -0.1) is 0 Å². The SMILES string of the molecule is O=C(CCCCCN1C(=O)N/C(=C\c2ccc3occc3c2)C1=O)NO. The smallest absolute Gasteiger partial charge is 0.329 e. The molecule has 4 amide bonds. The molecule has 2 aromatic rings. The number of hydroxylamine groups is 1. The highest BCUT2D eigenvalue weighted by molar-refractivity contribution is 6.14. The van der Waals surface area contributed by atoms with E-state index < -0.39 is 11.9 Å². The number of nitrogens with zero attached hydrogens (tertiary/aromatic N) is 1. The first kappa shape index (κ1) is 17.7. The third-order valence-electron chi connectivity index (χ3n) is 4.16. The third-order valence-corrected chi connectivity index (χ3v) is 4.16. The first-order valence-corrected chi connectivity index (χ1v) is 8.33. The van der Waals surface area contributed by atoms with Gasteiger partial charge in [0.05, 0.1) is 6.26 Å². The van der Waals surface area contributed by atoms with Gasteiger partial charge in [-0.25, -0.2) is 10.3 Å². The molecule has 8 nitrogen and oxygen atoms in total. The van der Waals surface area contributed by atoms with Gasteiger partial charge < -0.3 is 9.73 Å². The zero-order valence-corrected chi connectivity index (χ0v) is 14.0. The second-order valence-corrected chi connectivity index (χ2v) is 6.01. The lowest BCUT2D eigenvalue weighted by molar-refractivity contribution is -0.129. The largest absolute Gasteiger partial charge is 0.464 e. The Kier molecular flexibility index (Phi) is 5.33. The van der Waals surface area contributed by atoms with Gasteiger partial charge in [0.1, 0.15) is 11.3 Å². The van der Waals surface area contributed by atoms with E-state index >= 15 is 0 Å². The lowest BCUT2D eigenvalue weighted by Gasteiger charge is -2.11. The van der Waals surface area contributed by atoms with E-state index in [-0.39, 0.29) is 24.6 Å². The summed E-state index contributed by atoms with van der Waals surface area (Å²) in [5, 5.41) is 11.9. The molecule has 3 rings (SSSR count). The predicted molar refractivity (Wildman–Crippen MR) is 92.8 cm³/mol. The summed E-state index contributed by atoms with van der Waals surface area (Å²) in [6.45, 7) is 0.281. The Morgan fingerprint density at radius 1 is 1.23 bits per heavy atom. The van der Waals surface area contributed by atoms with Crippen LogP contribution in [0.5, 0.6) is 0 Å². The van der Waals surface area contributed by atoms with Gasteiger partial charge in [-0.1, -0.05) is 12.5 Å². The number of urea groups is 1. The van der Waals surface area contributed by atoms with E-state index in [2.05, 4.69) is 5.32 Å². The Balaban J connectivity index is 1.58. The van der Waals surface area contributed by atoms with Crippen LogP contribution in [0.25, 0.3) is 17.0 Å². The molecule has 1 fully saturated rings. The standard InChI is InChI=1S/C18H19N3O5/c22-16(20-25)4-2-1-3-8-21-17(23)14(19-18(21)24)11-12-5-6-15-13(10-12)7-9-26-15/h5-7,9-11,25H,1-4,8H2,(H,19,24)(H,20,22)/b14-11-. The molecule has 0 spiro atoms. The van der Waals surface area contributed by atoms with Crippen LogP contribution in [0.3, 0.4) is 0 Å². The second kappa shape index (κ2) is 7.83. The molecule has 1 aromatic heterocycles. The van der Waals surface area contributed by atoms with Crippen LogP contribution in [-0.4, -0.2) is 34.5 Å². The van der Waals surface area contributed by atoms with Gasteiger partial charge in [0.25, 0.3) is 5.91 Å². The fraction of sp³-hybridized carbons (Fsp3) is 0.278. The number of nitrogens with one attached hydrogen (secondary N) is 2. The monoisotopic (exact) mass is 357 g/mol. The number of imide groups is 1. The Morgan fingerprint density at radius 2 is 2.08 bits per heavy atom. The van der Waals surface area contributed by atoms with E-state index in [4.69, 9.17) is 9.62 Å². The number of hydrogen-bond donors (Lipinski definition) is 3. The summed E-state index contributed by atoms with van der Waals surface area (Å²) < 4.78 is 5.28. The summed E-state index contributed by atoms with van der Waals surface area (Å²) in [5.41, 5.74) is 3.35. The van der Waals surface area contributed by atoms with Crippen molar-refractivity contribution in [3.8, 4) is 0 Å². The fourth-order valence-corrected chi connectivity index (χ4v) is 2.80. The maximum Gasteiger partial charge on any atom is 0.329 e. The number of furan rings is 1. The number of carbonyl (C=O) groups excluding carboxylic acids is 3. The van der Waals surface area contributed by atoms with Crippen molar-refractivity contribution in [2.75, 3.05) is 6.54 Å². The molecule has 1 aliphatic rings. The van der Waals surface area contributed by atoms with Crippen molar-refractivity contribution in [3.05, 3.63) is 41.8 Å². The van der Waals surface area contributed by atoms with Gasteiger partial charge >= 0.3 is 6.03 Å². The molecule has 2 heterocycles. The van der Waals surface area contributed by atoms with Crippen LogP contribution < -0.4 is 10.8 Å². The molecule has 0 saturated carbocycles. The highest BCUT2D eigenvalue weighted by Crippen LogP contribution is 2.20. The Morgan fingerprint density at radius 3 is 2.88 bits per heavy atom. The molecule has 0 unspecified atom stereocenters. The fourth-order valence-electron chi connectivity index (χ4n) is 2.80. The number of unbranched alkanes of at least 4 members (excludes halogenated alkanes) is 2. The van der Waals surface area contributed by atoms with Crippen molar-refractivity contribution in [1.82, 2.24) is 15.7 Å². The number of amides is 4. The molecule has 26 heavy (non-hydrogen) atoms. The summed E-state index contributed by atoms with van der Waals surface area (Å²) in [5.74, 6) is -0.810. The van der Waals surface area contributed by atoms with Crippen LogP contribution in [0, 0.1) is 0 Å². The first-order valence-electron chi connectivity index (χ1n) is 8.33. The van der Waals surface area contributed by atoms with E-state index in [1.807, 2.05) is 24.3 Å². The van der Waals surface area contributed by atoms with Gasteiger partial charge in [-0.2, -0.15) is 0 Å². The summed E-state index contributed by atoms with van der Waals surface area (Å²) in [7, 11) is 0. The molecule has 1 saturated heterocycles. The van der Waals surface area contributed by atoms with E-state index in [1.165, 1.54) is 0 Å². The summed E-state index contributed by atoms with van der Waals surface area (Å²) in [6.07, 6.45) is 5.27. The van der Waals surface area contributed by atoms with Crippen molar-refractivity contribution in [3.63, 3.8) is 0 Å². The Hall–Kier alpha value is -3.13. The molecule has 3 N–H and O–H groups in total. The molecule has 0 bridgehead atoms. The number of rotatable bonds is 7. The predicted octanol–water partition coefficient (Wildman–Crippen LogP) is 2.39.